The molecule has 1 atom stereocenters. The van der Waals surface area contributed by atoms with Gasteiger partial charge in [0.2, 0.25) is 0 Å². The Morgan fingerprint density at radius 3 is 3.00 bits per heavy atom. The number of nitrogens with one attached hydrogen (secondary N) is 2. The Kier molecular flexibility index (Phi) is 4.60. The molecular weight excluding hydrogens is 304 g/mol. The molecule has 0 saturated heterocycles. The summed E-state index contributed by atoms with van der Waals surface area (Å²) in [6.07, 6.45) is 1.11. The normalized spacial score (nSPS) is 17.3. The van der Waals surface area contributed by atoms with Crippen LogP contribution in [0, 0.1) is 0 Å². The minimum atomic E-state index is 0.329. The molecular formula is C15H16N2S3. The second-order valence-electron chi connectivity index (χ2n) is 4.63. The minimum absolute atomic E-state index is 0.329. The number of thiophene rings is 1. The van der Waals surface area contributed by atoms with Crippen molar-refractivity contribution in [2.24, 2.45) is 0 Å². The molecule has 20 heavy (non-hydrogen) atoms. The molecule has 2 aromatic rings. The third-order valence-electron chi connectivity index (χ3n) is 3.27. The predicted octanol–water partition coefficient (Wildman–Crippen LogP) is 3.95. The van der Waals surface area contributed by atoms with Crippen LogP contribution >= 0.6 is 35.3 Å². The summed E-state index contributed by atoms with van der Waals surface area (Å²) in [6, 6.07) is 13.1. The van der Waals surface area contributed by atoms with Crippen LogP contribution in [0.1, 0.15) is 22.9 Å². The van der Waals surface area contributed by atoms with E-state index in [1.54, 1.807) is 11.3 Å². The van der Waals surface area contributed by atoms with E-state index >= 15 is 0 Å². The molecule has 2 heterocycles. The van der Waals surface area contributed by atoms with Crippen LogP contribution in [0.4, 0.5) is 0 Å². The van der Waals surface area contributed by atoms with Gasteiger partial charge in [0, 0.05) is 15.5 Å². The van der Waals surface area contributed by atoms with Crippen molar-refractivity contribution in [3.63, 3.8) is 0 Å². The first-order valence-electron chi connectivity index (χ1n) is 6.61. The number of fused-ring (bicyclic) bond motifs is 1. The van der Waals surface area contributed by atoms with Crippen molar-refractivity contribution in [3.05, 3.63) is 52.2 Å². The second-order valence-corrected chi connectivity index (χ2v) is 7.21. The molecule has 1 aliphatic heterocycles. The lowest BCUT2D eigenvalue weighted by atomic mass is 10.0. The first-order valence-corrected chi connectivity index (χ1v) is 8.89. The molecule has 0 spiro atoms. The lowest BCUT2D eigenvalue weighted by Crippen LogP contribution is -2.38. The maximum atomic E-state index is 5.41. The van der Waals surface area contributed by atoms with E-state index in [9.17, 15) is 0 Å². The standard InChI is InChI=1S/C15H16N2S3/c18-15(16-10-11-4-3-8-19-11)17-13-7-9-20-14-6-2-1-5-12(13)14/h1-6,8,13H,7,9-10H2,(H2,16,17,18). The van der Waals surface area contributed by atoms with Gasteiger partial charge in [-0.25, -0.2) is 0 Å². The largest absolute Gasteiger partial charge is 0.358 e. The Morgan fingerprint density at radius 2 is 2.15 bits per heavy atom. The van der Waals surface area contributed by atoms with Crippen LogP contribution in [0.2, 0.25) is 0 Å². The molecule has 5 heteroatoms. The number of hydrogen-bond donors (Lipinski definition) is 2. The van der Waals surface area contributed by atoms with Crippen molar-refractivity contribution in [2.45, 2.75) is 23.9 Å². The van der Waals surface area contributed by atoms with Gasteiger partial charge in [0.1, 0.15) is 0 Å². The topological polar surface area (TPSA) is 24.1 Å². The molecule has 0 aliphatic carbocycles. The lowest BCUT2D eigenvalue weighted by Gasteiger charge is -2.27. The van der Waals surface area contributed by atoms with Gasteiger partial charge in [-0.3, -0.25) is 0 Å². The summed E-state index contributed by atoms with van der Waals surface area (Å²) in [7, 11) is 0. The van der Waals surface area contributed by atoms with Gasteiger partial charge in [-0.05, 0) is 41.7 Å². The molecule has 1 unspecified atom stereocenters. The van der Waals surface area contributed by atoms with Crippen LogP contribution in [-0.4, -0.2) is 10.9 Å². The zero-order valence-electron chi connectivity index (χ0n) is 11.0. The fourth-order valence-electron chi connectivity index (χ4n) is 2.28. The maximum absolute atomic E-state index is 5.41. The summed E-state index contributed by atoms with van der Waals surface area (Å²) in [5.74, 6) is 1.14. The van der Waals surface area contributed by atoms with Gasteiger partial charge >= 0.3 is 0 Å². The van der Waals surface area contributed by atoms with Gasteiger partial charge in [-0.1, -0.05) is 24.3 Å². The number of thioether (sulfide) groups is 1. The van der Waals surface area contributed by atoms with Gasteiger partial charge in [-0.2, -0.15) is 0 Å². The van der Waals surface area contributed by atoms with Crippen molar-refractivity contribution >= 4 is 40.4 Å². The summed E-state index contributed by atoms with van der Waals surface area (Å²) in [4.78, 5) is 2.67. The molecule has 0 saturated carbocycles. The Hall–Kier alpha value is -1.04. The molecule has 1 aromatic carbocycles. The van der Waals surface area contributed by atoms with Crippen molar-refractivity contribution in [1.82, 2.24) is 10.6 Å². The quantitative estimate of drug-likeness (QED) is 0.836. The van der Waals surface area contributed by atoms with E-state index in [-0.39, 0.29) is 0 Å². The molecule has 0 amide bonds. The van der Waals surface area contributed by atoms with Crippen LogP contribution in [-0.2, 0) is 6.54 Å². The maximum Gasteiger partial charge on any atom is 0.167 e. The summed E-state index contributed by atoms with van der Waals surface area (Å²) >= 11 is 9.09. The third-order valence-corrected chi connectivity index (χ3v) is 5.53. The Labute approximate surface area is 133 Å². The zero-order valence-corrected chi connectivity index (χ0v) is 13.4. The average Bonchev–Trinajstić information content (AvgIpc) is 2.99. The Morgan fingerprint density at radius 1 is 1.25 bits per heavy atom. The molecule has 3 rings (SSSR count). The number of hydrogen-bond acceptors (Lipinski definition) is 3. The lowest BCUT2D eigenvalue weighted by molar-refractivity contribution is 0.603. The van der Waals surface area contributed by atoms with Crippen LogP contribution in [0.25, 0.3) is 0 Å². The van der Waals surface area contributed by atoms with Crippen molar-refractivity contribution in [2.75, 3.05) is 5.75 Å². The monoisotopic (exact) mass is 320 g/mol. The first kappa shape index (κ1) is 13.9. The third kappa shape index (κ3) is 3.34. The highest BCUT2D eigenvalue weighted by Gasteiger charge is 2.20. The highest BCUT2D eigenvalue weighted by molar-refractivity contribution is 7.99. The van der Waals surface area contributed by atoms with Gasteiger partial charge in [0.15, 0.2) is 5.11 Å². The van der Waals surface area contributed by atoms with Gasteiger partial charge in [0.25, 0.3) is 0 Å². The molecule has 0 radical (unpaired) electrons. The van der Waals surface area contributed by atoms with E-state index in [1.165, 1.54) is 15.3 Å². The Bertz CT molecular complexity index is 581. The van der Waals surface area contributed by atoms with Crippen molar-refractivity contribution < 1.29 is 0 Å². The van der Waals surface area contributed by atoms with Gasteiger partial charge in [0.05, 0.1) is 12.6 Å². The molecule has 2 nitrogen and oxygen atoms in total. The van der Waals surface area contributed by atoms with E-state index in [1.807, 2.05) is 11.8 Å². The number of benzene rings is 1. The van der Waals surface area contributed by atoms with E-state index in [0.29, 0.717) is 6.04 Å². The smallest absolute Gasteiger partial charge is 0.167 e. The highest BCUT2D eigenvalue weighted by Crippen LogP contribution is 2.35. The summed E-state index contributed by atoms with van der Waals surface area (Å²) in [5.41, 5.74) is 1.36. The molecule has 104 valence electrons. The fourth-order valence-corrected chi connectivity index (χ4v) is 4.27. The second kappa shape index (κ2) is 6.61. The van der Waals surface area contributed by atoms with Crippen LogP contribution in [0.3, 0.4) is 0 Å². The van der Waals surface area contributed by atoms with Crippen molar-refractivity contribution in [3.8, 4) is 0 Å². The SMILES string of the molecule is S=C(NCc1cccs1)NC1CCSc2ccccc21. The Balaban J connectivity index is 1.59. The predicted molar refractivity (Wildman–Crippen MR) is 91.4 cm³/mol. The molecule has 1 aromatic heterocycles. The molecule has 0 bridgehead atoms. The minimum Gasteiger partial charge on any atom is -0.358 e. The average molecular weight is 321 g/mol. The van der Waals surface area contributed by atoms with E-state index in [2.05, 4.69) is 52.4 Å². The van der Waals surface area contributed by atoms with Crippen LogP contribution in [0.15, 0.2) is 46.7 Å². The first-order chi connectivity index (χ1) is 9.83. The van der Waals surface area contributed by atoms with Crippen molar-refractivity contribution in [1.29, 1.82) is 0 Å². The highest BCUT2D eigenvalue weighted by atomic mass is 32.2. The fraction of sp³-hybridized carbons (Fsp3) is 0.267. The number of rotatable bonds is 3. The molecule has 2 N–H and O–H groups in total. The van der Waals surface area contributed by atoms with Crippen LogP contribution < -0.4 is 10.6 Å². The molecule has 1 aliphatic rings. The van der Waals surface area contributed by atoms with E-state index < -0.39 is 0 Å². The van der Waals surface area contributed by atoms with Gasteiger partial charge in [-0.15, -0.1) is 23.1 Å². The van der Waals surface area contributed by atoms with Gasteiger partial charge < -0.3 is 10.6 Å². The number of thiocarbonyl (C=S) groups is 1. The van der Waals surface area contributed by atoms with Crippen LogP contribution in [0.5, 0.6) is 0 Å². The summed E-state index contributed by atoms with van der Waals surface area (Å²) in [6.45, 7) is 0.798. The van der Waals surface area contributed by atoms with E-state index in [0.717, 1.165) is 23.8 Å². The summed E-state index contributed by atoms with van der Waals surface area (Å²) in [5, 5.41) is 9.56. The summed E-state index contributed by atoms with van der Waals surface area (Å²) < 4.78 is 0. The molecule has 0 fully saturated rings. The zero-order chi connectivity index (χ0) is 13.8. The van der Waals surface area contributed by atoms with E-state index in [4.69, 9.17) is 12.2 Å².